The van der Waals surface area contributed by atoms with Crippen LogP contribution >= 0.6 is 0 Å². The van der Waals surface area contributed by atoms with Crippen molar-refractivity contribution < 1.29 is 4.79 Å². The van der Waals surface area contributed by atoms with E-state index < -0.39 is 0 Å². The molecule has 2 nitrogen and oxygen atoms in total. The molecule has 0 aromatic carbocycles. The molecular formula is C25H35NO. The lowest BCUT2D eigenvalue weighted by molar-refractivity contribution is -0.115. The standard InChI is InChI=1S/C25H35NO/c1-14-3-10-23-15(2)25-21-9-8-19-18-7-5-17(27)11-16(18)4-6-20(19)22(21)12-24(25)26(23)13-14/h11,14,18-22,24-25H,3-10,12-13H2,1-2H3/t14-,18-,19-,20+,21-,22+,24+,25-/m0/s1. The van der Waals surface area contributed by atoms with Crippen molar-refractivity contribution in [2.45, 2.75) is 77.7 Å². The average Bonchev–Trinajstić information content (AvgIpc) is 3.17. The number of carbonyl (C=O) groups is 1. The lowest BCUT2D eigenvalue weighted by Gasteiger charge is -2.49. The maximum atomic E-state index is 11.9. The fourth-order valence-corrected chi connectivity index (χ4v) is 8.78. The van der Waals surface area contributed by atoms with Gasteiger partial charge in [0, 0.05) is 30.6 Å². The Labute approximate surface area is 164 Å². The smallest absolute Gasteiger partial charge is 0.155 e. The molecule has 146 valence electrons. The molecule has 2 heterocycles. The molecule has 4 aliphatic carbocycles. The summed E-state index contributed by atoms with van der Waals surface area (Å²) in [5.74, 6) is 6.66. The summed E-state index contributed by atoms with van der Waals surface area (Å²) in [6.45, 7) is 6.27. The Kier molecular flexibility index (Phi) is 3.73. The third-order valence-electron chi connectivity index (χ3n) is 9.76. The van der Waals surface area contributed by atoms with Crippen molar-refractivity contribution >= 4 is 5.78 Å². The monoisotopic (exact) mass is 365 g/mol. The van der Waals surface area contributed by atoms with Crippen molar-refractivity contribution in [2.24, 2.45) is 41.4 Å². The largest absolute Gasteiger partial charge is 0.371 e. The fraction of sp³-hybridized carbons (Fsp3) is 0.800. The molecule has 0 spiro atoms. The number of hydrogen-bond donors (Lipinski definition) is 0. The molecule has 2 aliphatic heterocycles. The second kappa shape index (κ2) is 5.97. The van der Waals surface area contributed by atoms with Crippen LogP contribution in [0.2, 0.25) is 0 Å². The highest BCUT2D eigenvalue weighted by Gasteiger charge is 2.57. The van der Waals surface area contributed by atoms with Gasteiger partial charge in [-0.25, -0.2) is 0 Å². The van der Waals surface area contributed by atoms with Crippen LogP contribution in [0.5, 0.6) is 0 Å². The summed E-state index contributed by atoms with van der Waals surface area (Å²) in [5.41, 5.74) is 5.08. The van der Waals surface area contributed by atoms with Gasteiger partial charge in [0.25, 0.3) is 0 Å². The van der Waals surface area contributed by atoms with Gasteiger partial charge in [-0.15, -0.1) is 0 Å². The van der Waals surface area contributed by atoms with Gasteiger partial charge in [0.1, 0.15) is 0 Å². The zero-order valence-corrected chi connectivity index (χ0v) is 17.1. The molecule has 4 fully saturated rings. The Morgan fingerprint density at radius 1 is 0.926 bits per heavy atom. The Bertz CT molecular complexity index is 733. The number of ketones is 1. The Morgan fingerprint density at radius 3 is 2.67 bits per heavy atom. The van der Waals surface area contributed by atoms with Crippen molar-refractivity contribution in [3.05, 3.63) is 22.9 Å². The fourth-order valence-electron chi connectivity index (χ4n) is 8.78. The van der Waals surface area contributed by atoms with Crippen molar-refractivity contribution in [1.29, 1.82) is 0 Å². The first-order chi connectivity index (χ1) is 13.1. The third kappa shape index (κ3) is 2.34. The predicted octanol–water partition coefficient (Wildman–Crippen LogP) is 5.35. The zero-order chi connectivity index (χ0) is 18.3. The summed E-state index contributed by atoms with van der Waals surface area (Å²) >= 11 is 0. The normalized spacial score (nSPS) is 48.4. The van der Waals surface area contributed by atoms with Gasteiger partial charge in [-0.3, -0.25) is 4.79 Å². The lowest BCUT2D eigenvalue weighted by atomic mass is 9.55. The van der Waals surface area contributed by atoms with Crippen molar-refractivity contribution in [1.82, 2.24) is 4.90 Å². The maximum absolute atomic E-state index is 11.9. The molecule has 0 bridgehead atoms. The molecule has 8 atom stereocenters. The van der Waals surface area contributed by atoms with Gasteiger partial charge < -0.3 is 4.90 Å². The minimum atomic E-state index is 0.399. The lowest BCUT2D eigenvalue weighted by Crippen LogP contribution is -2.42. The maximum Gasteiger partial charge on any atom is 0.155 e. The van der Waals surface area contributed by atoms with Gasteiger partial charge in [-0.1, -0.05) is 12.5 Å². The van der Waals surface area contributed by atoms with Gasteiger partial charge in [0.05, 0.1) is 0 Å². The summed E-state index contributed by atoms with van der Waals surface area (Å²) in [6, 6.07) is 0.835. The van der Waals surface area contributed by atoms with E-state index in [1.54, 1.807) is 11.3 Å². The Morgan fingerprint density at radius 2 is 1.78 bits per heavy atom. The van der Waals surface area contributed by atoms with Gasteiger partial charge in [-0.2, -0.15) is 0 Å². The molecule has 3 saturated carbocycles. The number of hydrogen-bond acceptors (Lipinski definition) is 2. The van der Waals surface area contributed by atoms with E-state index in [0.717, 1.165) is 60.3 Å². The van der Waals surface area contributed by atoms with E-state index in [4.69, 9.17) is 0 Å². The molecule has 0 amide bonds. The minimum absolute atomic E-state index is 0.399. The van der Waals surface area contributed by atoms with Gasteiger partial charge in [0.15, 0.2) is 5.78 Å². The third-order valence-corrected chi connectivity index (χ3v) is 9.76. The van der Waals surface area contributed by atoms with E-state index in [-0.39, 0.29) is 0 Å². The predicted molar refractivity (Wildman–Crippen MR) is 108 cm³/mol. The van der Waals surface area contributed by atoms with Crippen LogP contribution in [0.15, 0.2) is 22.9 Å². The molecular weight excluding hydrogens is 330 g/mol. The highest BCUT2D eigenvalue weighted by atomic mass is 16.1. The molecule has 0 aromatic rings. The van der Waals surface area contributed by atoms with Crippen LogP contribution in [0.25, 0.3) is 0 Å². The van der Waals surface area contributed by atoms with Crippen LogP contribution in [0.3, 0.4) is 0 Å². The van der Waals surface area contributed by atoms with E-state index in [1.807, 2.05) is 6.08 Å². The second-order valence-electron chi connectivity index (χ2n) is 10.9. The number of carbonyl (C=O) groups excluding carboxylic acids is 1. The topological polar surface area (TPSA) is 20.3 Å². The van der Waals surface area contributed by atoms with Crippen LogP contribution in [-0.4, -0.2) is 23.3 Å². The molecule has 1 saturated heterocycles. The molecule has 2 heteroatoms. The molecule has 6 aliphatic rings. The van der Waals surface area contributed by atoms with Crippen LogP contribution in [0.4, 0.5) is 0 Å². The van der Waals surface area contributed by atoms with E-state index >= 15 is 0 Å². The molecule has 0 unspecified atom stereocenters. The summed E-state index contributed by atoms with van der Waals surface area (Å²) in [7, 11) is 0. The Hall–Kier alpha value is -1.05. The van der Waals surface area contributed by atoms with Crippen LogP contribution in [-0.2, 0) is 4.79 Å². The quantitative estimate of drug-likeness (QED) is 0.576. The van der Waals surface area contributed by atoms with Gasteiger partial charge in [-0.05, 0) is 105 Å². The molecule has 6 rings (SSSR count). The second-order valence-corrected chi connectivity index (χ2v) is 10.9. The molecule has 27 heavy (non-hydrogen) atoms. The van der Waals surface area contributed by atoms with Crippen LogP contribution in [0, 0.1) is 41.4 Å². The average molecular weight is 366 g/mol. The SMILES string of the molecule is CC1=C2CC[C@H](C)CN2[C@@H]2C[C@@H]3[C@@H]4CCC5=CC(=O)CC[C@@H]5[C@@H]4CC[C@@H]3[C@H]12. The van der Waals surface area contributed by atoms with Gasteiger partial charge in [0.2, 0.25) is 0 Å². The first-order valence-electron chi connectivity index (χ1n) is 11.8. The zero-order valence-electron chi connectivity index (χ0n) is 17.1. The molecule has 0 radical (unpaired) electrons. The van der Waals surface area contributed by atoms with E-state index in [0.29, 0.717) is 5.78 Å². The first kappa shape index (κ1) is 16.9. The van der Waals surface area contributed by atoms with E-state index in [2.05, 4.69) is 18.7 Å². The molecule has 0 N–H and O–H groups in total. The highest BCUT2D eigenvalue weighted by molar-refractivity contribution is 5.91. The first-order valence-corrected chi connectivity index (χ1v) is 11.8. The van der Waals surface area contributed by atoms with E-state index in [9.17, 15) is 4.79 Å². The minimum Gasteiger partial charge on any atom is -0.371 e. The van der Waals surface area contributed by atoms with Crippen molar-refractivity contribution in [3.8, 4) is 0 Å². The number of piperidine rings is 1. The Balaban J connectivity index is 1.29. The number of fused-ring (bicyclic) bond motifs is 9. The van der Waals surface area contributed by atoms with Crippen LogP contribution < -0.4 is 0 Å². The van der Waals surface area contributed by atoms with Crippen molar-refractivity contribution in [3.63, 3.8) is 0 Å². The number of nitrogens with zero attached hydrogens (tertiary/aromatic N) is 1. The summed E-state index contributed by atoms with van der Waals surface area (Å²) in [6.07, 6.45) is 13.7. The summed E-state index contributed by atoms with van der Waals surface area (Å²) in [5, 5.41) is 0. The summed E-state index contributed by atoms with van der Waals surface area (Å²) < 4.78 is 0. The highest BCUT2D eigenvalue weighted by Crippen LogP contribution is 2.62. The summed E-state index contributed by atoms with van der Waals surface area (Å²) in [4.78, 5) is 14.8. The number of allylic oxidation sites excluding steroid dienone is 2. The van der Waals surface area contributed by atoms with E-state index in [1.165, 1.54) is 57.1 Å². The van der Waals surface area contributed by atoms with Gasteiger partial charge >= 0.3 is 0 Å². The number of rotatable bonds is 0. The molecule has 0 aromatic heterocycles. The van der Waals surface area contributed by atoms with Crippen LogP contribution in [0.1, 0.15) is 71.6 Å². The van der Waals surface area contributed by atoms with Crippen molar-refractivity contribution in [2.75, 3.05) is 6.54 Å².